The van der Waals surface area contributed by atoms with E-state index in [-0.39, 0.29) is 10.6 Å². The van der Waals surface area contributed by atoms with Gasteiger partial charge >= 0.3 is 0 Å². The monoisotopic (exact) mass is 296 g/mol. The standard InChI is InChI=1S/C11H12N4O4S/c1-8(9-6-12-13-7-9)14-20(18,19)11-4-2-3-10(5-11)15(16)17/h2-8,14H,1H3,(H,12,13). The highest BCUT2D eigenvalue weighted by atomic mass is 32.2. The first-order chi connectivity index (χ1) is 9.40. The van der Waals surface area contributed by atoms with Gasteiger partial charge in [-0.05, 0) is 13.0 Å². The smallest absolute Gasteiger partial charge is 0.270 e. The van der Waals surface area contributed by atoms with Gasteiger partial charge < -0.3 is 0 Å². The van der Waals surface area contributed by atoms with Gasteiger partial charge in [0.2, 0.25) is 10.0 Å². The van der Waals surface area contributed by atoms with Gasteiger partial charge in [0.05, 0.1) is 16.0 Å². The van der Waals surface area contributed by atoms with E-state index in [2.05, 4.69) is 14.9 Å². The highest BCUT2D eigenvalue weighted by Crippen LogP contribution is 2.19. The van der Waals surface area contributed by atoms with E-state index >= 15 is 0 Å². The van der Waals surface area contributed by atoms with Gasteiger partial charge in [0.25, 0.3) is 5.69 Å². The first-order valence-corrected chi connectivity index (χ1v) is 7.14. The van der Waals surface area contributed by atoms with E-state index in [0.717, 1.165) is 6.07 Å². The number of nitro groups is 1. The van der Waals surface area contributed by atoms with Crippen LogP contribution in [-0.2, 0) is 10.0 Å². The minimum absolute atomic E-state index is 0.151. The van der Waals surface area contributed by atoms with Gasteiger partial charge in [-0.15, -0.1) is 0 Å². The Bertz CT molecular complexity index is 712. The van der Waals surface area contributed by atoms with Crippen LogP contribution in [0, 0.1) is 10.1 Å². The second-order valence-corrected chi connectivity index (χ2v) is 5.84. The molecule has 2 aromatic rings. The first kappa shape index (κ1) is 14.2. The van der Waals surface area contributed by atoms with Gasteiger partial charge in [0, 0.05) is 29.9 Å². The van der Waals surface area contributed by atoms with Crippen LogP contribution < -0.4 is 4.72 Å². The summed E-state index contributed by atoms with van der Waals surface area (Å²) in [5.74, 6) is 0. The summed E-state index contributed by atoms with van der Waals surface area (Å²) in [6.07, 6.45) is 3.07. The van der Waals surface area contributed by atoms with Gasteiger partial charge in [-0.2, -0.15) is 5.10 Å². The molecule has 1 atom stereocenters. The van der Waals surface area contributed by atoms with Crippen LogP contribution in [-0.4, -0.2) is 23.5 Å². The molecule has 0 amide bonds. The van der Waals surface area contributed by atoms with E-state index in [9.17, 15) is 18.5 Å². The molecule has 0 fully saturated rings. The maximum absolute atomic E-state index is 12.1. The van der Waals surface area contributed by atoms with Crippen molar-refractivity contribution in [2.75, 3.05) is 0 Å². The molecule has 0 bridgehead atoms. The molecule has 2 N–H and O–H groups in total. The van der Waals surface area contributed by atoms with Crippen LogP contribution in [0.4, 0.5) is 5.69 Å². The van der Waals surface area contributed by atoms with Crippen LogP contribution in [0.15, 0.2) is 41.6 Å². The Labute approximate surface area is 115 Å². The van der Waals surface area contributed by atoms with Crippen molar-refractivity contribution >= 4 is 15.7 Å². The molecule has 1 aromatic heterocycles. The number of nitrogens with zero attached hydrogens (tertiary/aromatic N) is 2. The summed E-state index contributed by atoms with van der Waals surface area (Å²) < 4.78 is 26.7. The Kier molecular flexibility index (Phi) is 3.81. The second-order valence-electron chi connectivity index (χ2n) is 4.13. The van der Waals surface area contributed by atoms with Crippen molar-refractivity contribution in [1.29, 1.82) is 0 Å². The SMILES string of the molecule is CC(NS(=O)(=O)c1cccc([N+](=O)[O-])c1)c1cn[nH]c1. The van der Waals surface area contributed by atoms with Crippen molar-refractivity contribution in [3.05, 3.63) is 52.3 Å². The van der Waals surface area contributed by atoms with Crippen molar-refractivity contribution in [3.8, 4) is 0 Å². The molecule has 0 radical (unpaired) electrons. The van der Waals surface area contributed by atoms with Crippen LogP contribution in [0.25, 0.3) is 0 Å². The molecule has 1 unspecified atom stereocenters. The summed E-state index contributed by atoms with van der Waals surface area (Å²) >= 11 is 0. The van der Waals surface area contributed by atoms with Crippen molar-refractivity contribution in [1.82, 2.24) is 14.9 Å². The van der Waals surface area contributed by atoms with Gasteiger partial charge in [-0.25, -0.2) is 13.1 Å². The summed E-state index contributed by atoms with van der Waals surface area (Å²) in [6.45, 7) is 1.65. The summed E-state index contributed by atoms with van der Waals surface area (Å²) in [5, 5.41) is 17.0. The van der Waals surface area contributed by atoms with E-state index in [1.54, 1.807) is 13.1 Å². The van der Waals surface area contributed by atoms with Crippen molar-refractivity contribution in [2.45, 2.75) is 17.9 Å². The highest BCUT2D eigenvalue weighted by molar-refractivity contribution is 7.89. The van der Waals surface area contributed by atoms with Crippen LogP contribution in [0.3, 0.4) is 0 Å². The molecule has 1 aromatic carbocycles. The maximum Gasteiger partial charge on any atom is 0.270 e. The molecule has 0 aliphatic rings. The largest absolute Gasteiger partial charge is 0.285 e. The molecule has 106 valence electrons. The lowest BCUT2D eigenvalue weighted by Gasteiger charge is -2.12. The lowest BCUT2D eigenvalue weighted by molar-refractivity contribution is -0.385. The molecule has 20 heavy (non-hydrogen) atoms. The molecule has 0 aliphatic carbocycles. The molecule has 0 saturated carbocycles. The predicted octanol–water partition coefficient (Wildman–Crippen LogP) is 1.36. The topological polar surface area (TPSA) is 118 Å². The zero-order chi connectivity index (χ0) is 14.8. The molecule has 0 saturated heterocycles. The van der Waals surface area contributed by atoms with Crippen molar-refractivity contribution in [3.63, 3.8) is 0 Å². The predicted molar refractivity (Wildman–Crippen MR) is 70.4 cm³/mol. The third-order valence-electron chi connectivity index (χ3n) is 2.69. The average molecular weight is 296 g/mol. The second kappa shape index (κ2) is 5.39. The molecule has 0 aliphatic heterocycles. The van der Waals surface area contributed by atoms with Crippen molar-refractivity contribution in [2.24, 2.45) is 0 Å². The normalized spacial score (nSPS) is 13.1. The molecule has 2 rings (SSSR count). The zero-order valence-electron chi connectivity index (χ0n) is 10.5. The fraction of sp³-hybridized carbons (Fsp3) is 0.182. The summed E-state index contributed by atoms with van der Waals surface area (Å²) in [7, 11) is -3.84. The summed E-state index contributed by atoms with van der Waals surface area (Å²) in [5.41, 5.74) is 0.392. The lowest BCUT2D eigenvalue weighted by Crippen LogP contribution is -2.26. The number of nitro benzene ring substituents is 1. The first-order valence-electron chi connectivity index (χ1n) is 5.65. The highest BCUT2D eigenvalue weighted by Gasteiger charge is 2.21. The number of hydrogen-bond donors (Lipinski definition) is 2. The Balaban J connectivity index is 2.26. The van der Waals surface area contributed by atoms with Crippen LogP contribution >= 0.6 is 0 Å². The summed E-state index contributed by atoms with van der Waals surface area (Å²) in [6, 6.07) is 4.38. The fourth-order valence-electron chi connectivity index (χ4n) is 1.63. The Morgan fingerprint density at radius 1 is 1.45 bits per heavy atom. The molecular weight excluding hydrogens is 284 g/mol. The molecule has 0 spiro atoms. The molecule has 8 nitrogen and oxygen atoms in total. The number of non-ortho nitro benzene ring substituents is 1. The zero-order valence-corrected chi connectivity index (χ0v) is 11.3. The molecular formula is C11H12N4O4S. The average Bonchev–Trinajstić information content (AvgIpc) is 2.92. The number of rotatable bonds is 5. The number of sulfonamides is 1. The van der Waals surface area contributed by atoms with Gasteiger partial charge in [0.15, 0.2) is 0 Å². The Morgan fingerprint density at radius 3 is 2.80 bits per heavy atom. The number of aromatic nitrogens is 2. The number of benzene rings is 1. The van der Waals surface area contributed by atoms with E-state index < -0.39 is 21.0 Å². The van der Waals surface area contributed by atoms with Gasteiger partial charge in [-0.1, -0.05) is 6.07 Å². The van der Waals surface area contributed by atoms with E-state index in [1.165, 1.54) is 24.4 Å². The fourth-order valence-corrected chi connectivity index (χ4v) is 2.90. The molecule has 1 heterocycles. The minimum Gasteiger partial charge on any atom is -0.285 e. The Hall–Kier alpha value is -2.26. The maximum atomic E-state index is 12.1. The lowest BCUT2D eigenvalue weighted by atomic mass is 10.2. The van der Waals surface area contributed by atoms with Crippen LogP contribution in [0.5, 0.6) is 0 Å². The number of aromatic amines is 1. The number of hydrogen-bond acceptors (Lipinski definition) is 5. The third kappa shape index (κ3) is 3.00. The van der Waals surface area contributed by atoms with E-state index in [4.69, 9.17) is 0 Å². The third-order valence-corrected chi connectivity index (χ3v) is 4.23. The summed E-state index contributed by atoms with van der Waals surface area (Å²) in [4.78, 5) is 9.88. The van der Waals surface area contributed by atoms with E-state index in [1.807, 2.05) is 0 Å². The Morgan fingerprint density at radius 2 is 2.20 bits per heavy atom. The van der Waals surface area contributed by atoms with E-state index in [0.29, 0.717) is 5.56 Å². The van der Waals surface area contributed by atoms with Crippen LogP contribution in [0.1, 0.15) is 18.5 Å². The number of H-pyrrole nitrogens is 1. The number of nitrogens with one attached hydrogen (secondary N) is 2. The minimum atomic E-state index is -3.84. The van der Waals surface area contributed by atoms with Gasteiger partial charge in [0.1, 0.15) is 0 Å². The van der Waals surface area contributed by atoms with Crippen LogP contribution in [0.2, 0.25) is 0 Å². The van der Waals surface area contributed by atoms with Gasteiger partial charge in [-0.3, -0.25) is 15.2 Å². The quantitative estimate of drug-likeness (QED) is 0.638. The molecule has 9 heteroatoms. The van der Waals surface area contributed by atoms with Crippen molar-refractivity contribution < 1.29 is 13.3 Å².